The number of likely N-dealkylation sites (tertiary alicyclic amines) is 1. The van der Waals surface area contributed by atoms with Crippen molar-refractivity contribution in [3.05, 3.63) is 0 Å². The fraction of sp³-hybridized carbons (Fsp3) is 0.909. The molecule has 3 N–H and O–H groups in total. The Kier molecular flexibility index (Phi) is 3.78. The largest absolute Gasteiger partial charge is 0.375 e. The van der Waals surface area contributed by atoms with E-state index < -0.39 is 0 Å². The van der Waals surface area contributed by atoms with Crippen LogP contribution in [0.5, 0.6) is 0 Å². The first kappa shape index (κ1) is 11.8. The first-order valence-corrected chi connectivity index (χ1v) is 6.08. The highest BCUT2D eigenvalue weighted by atomic mass is 16.5. The number of nitrogens with zero attached hydrogens (tertiary/aromatic N) is 1. The van der Waals surface area contributed by atoms with E-state index in [4.69, 9.17) is 10.5 Å². The molecule has 0 aromatic heterocycles. The molecule has 2 fully saturated rings. The zero-order chi connectivity index (χ0) is 11.5. The molecule has 0 spiro atoms. The number of piperidine rings is 1. The summed E-state index contributed by atoms with van der Waals surface area (Å²) in [6.07, 6.45) is 1.99. The van der Waals surface area contributed by atoms with Crippen LogP contribution in [-0.4, -0.2) is 55.2 Å². The van der Waals surface area contributed by atoms with Crippen molar-refractivity contribution < 1.29 is 9.53 Å². The van der Waals surface area contributed by atoms with E-state index in [9.17, 15) is 4.79 Å². The molecule has 0 radical (unpaired) electrons. The van der Waals surface area contributed by atoms with Crippen LogP contribution < -0.4 is 11.1 Å². The maximum Gasteiger partial charge on any atom is 0.242 e. The Morgan fingerprint density at radius 3 is 3.06 bits per heavy atom. The van der Waals surface area contributed by atoms with E-state index >= 15 is 0 Å². The molecule has 2 heterocycles. The maximum absolute atomic E-state index is 12.2. The van der Waals surface area contributed by atoms with Gasteiger partial charge in [0.15, 0.2) is 0 Å². The van der Waals surface area contributed by atoms with Crippen LogP contribution in [0.4, 0.5) is 0 Å². The van der Waals surface area contributed by atoms with Crippen LogP contribution in [0, 0.1) is 0 Å². The molecular formula is C11H21N3O2. The van der Waals surface area contributed by atoms with Crippen molar-refractivity contribution >= 4 is 5.91 Å². The summed E-state index contributed by atoms with van der Waals surface area (Å²) in [5.74, 6) is 0.141. The van der Waals surface area contributed by atoms with Crippen LogP contribution in [-0.2, 0) is 9.53 Å². The molecule has 2 saturated heterocycles. The highest BCUT2D eigenvalue weighted by Gasteiger charge is 2.33. The predicted molar refractivity (Wildman–Crippen MR) is 61.0 cm³/mol. The van der Waals surface area contributed by atoms with Gasteiger partial charge in [-0.15, -0.1) is 0 Å². The van der Waals surface area contributed by atoms with Crippen molar-refractivity contribution in [1.29, 1.82) is 0 Å². The van der Waals surface area contributed by atoms with Gasteiger partial charge < -0.3 is 20.7 Å². The number of rotatable bonds is 1. The molecule has 1 unspecified atom stereocenters. The number of morpholine rings is 1. The van der Waals surface area contributed by atoms with Gasteiger partial charge in [-0.1, -0.05) is 0 Å². The Labute approximate surface area is 96.3 Å². The number of nitrogens with one attached hydrogen (secondary N) is 1. The Morgan fingerprint density at radius 1 is 1.56 bits per heavy atom. The number of amides is 1. The van der Waals surface area contributed by atoms with Crippen LogP contribution >= 0.6 is 0 Å². The average molecular weight is 227 g/mol. The number of nitrogens with two attached hydrogens (primary N) is 1. The minimum Gasteiger partial charge on any atom is -0.375 e. The summed E-state index contributed by atoms with van der Waals surface area (Å²) in [6.45, 7) is 4.89. The topological polar surface area (TPSA) is 67.6 Å². The van der Waals surface area contributed by atoms with Crippen LogP contribution in [0.2, 0.25) is 0 Å². The summed E-state index contributed by atoms with van der Waals surface area (Å²) in [5.41, 5.74) is 5.88. The molecule has 2 rings (SSSR count). The van der Waals surface area contributed by atoms with Crippen molar-refractivity contribution in [1.82, 2.24) is 10.2 Å². The summed E-state index contributed by atoms with van der Waals surface area (Å²) < 4.78 is 5.49. The van der Waals surface area contributed by atoms with Gasteiger partial charge in [-0.05, 0) is 19.8 Å². The van der Waals surface area contributed by atoms with E-state index in [1.165, 1.54) is 0 Å². The van der Waals surface area contributed by atoms with Gasteiger partial charge in [-0.2, -0.15) is 0 Å². The molecule has 92 valence electrons. The lowest BCUT2D eigenvalue weighted by molar-refractivity contribution is -0.140. The van der Waals surface area contributed by atoms with Gasteiger partial charge in [-0.3, -0.25) is 4.79 Å². The second kappa shape index (κ2) is 5.12. The van der Waals surface area contributed by atoms with Gasteiger partial charge in [0, 0.05) is 25.7 Å². The number of hydrogen-bond acceptors (Lipinski definition) is 4. The maximum atomic E-state index is 12.2. The Bertz CT molecular complexity index is 260. The summed E-state index contributed by atoms with van der Waals surface area (Å²) in [6, 6.07) is -0.0587. The molecule has 0 aromatic carbocycles. The molecule has 5 heteroatoms. The highest BCUT2D eigenvalue weighted by molar-refractivity contribution is 5.82. The van der Waals surface area contributed by atoms with Crippen molar-refractivity contribution in [2.45, 2.75) is 38.0 Å². The van der Waals surface area contributed by atoms with Crippen molar-refractivity contribution in [2.24, 2.45) is 5.73 Å². The van der Waals surface area contributed by atoms with E-state index in [-0.39, 0.29) is 24.1 Å². The number of hydrogen-bond donors (Lipinski definition) is 2. The van der Waals surface area contributed by atoms with Gasteiger partial charge in [0.2, 0.25) is 5.91 Å². The third-order valence-corrected chi connectivity index (χ3v) is 3.35. The van der Waals surface area contributed by atoms with Gasteiger partial charge in [0.05, 0.1) is 12.7 Å². The molecule has 5 nitrogen and oxygen atoms in total. The lowest BCUT2D eigenvalue weighted by Crippen LogP contribution is -2.58. The number of carbonyl (C=O) groups is 1. The molecule has 3 atom stereocenters. The van der Waals surface area contributed by atoms with Gasteiger partial charge in [-0.25, -0.2) is 0 Å². The lowest BCUT2D eigenvalue weighted by Gasteiger charge is -2.37. The molecule has 0 aromatic rings. The third-order valence-electron chi connectivity index (χ3n) is 3.35. The van der Waals surface area contributed by atoms with Gasteiger partial charge in [0.1, 0.15) is 6.04 Å². The SMILES string of the molecule is C[C@H]1OCCN[C@@H]1C(=O)N1CCCC(N)C1. The van der Waals surface area contributed by atoms with E-state index in [1.807, 2.05) is 11.8 Å². The molecule has 16 heavy (non-hydrogen) atoms. The zero-order valence-electron chi connectivity index (χ0n) is 9.82. The standard InChI is InChI=1S/C11H21N3O2/c1-8-10(13-4-6-16-8)11(15)14-5-2-3-9(12)7-14/h8-10,13H,2-7,12H2,1H3/t8-,9?,10+/m1/s1. The zero-order valence-corrected chi connectivity index (χ0v) is 9.82. The summed E-state index contributed by atoms with van der Waals surface area (Å²) in [4.78, 5) is 14.1. The Hall–Kier alpha value is -0.650. The number of carbonyl (C=O) groups excluding carboxylic acids is 1. The minimum absolute atomic E-state index is 0.0422. The summed E-state index contributed by atoms with van der Waals surface area (Å²) in [7, 11) is 0. The second-order valence-corrected chi connectivity index (χ2v) is 4.69. The fourth-order valence-electron chi connectivity index (χ4n) is 2.42. The van der Waals surface area contributed by atoms with Crippen LogP contribution in [0.25, 0.3) is 0 Å². The van der Waals surface area contributed by atoms with E-state index in [0.29, 0.717) is 13.2 Å². The summed E-state index contributed by atoms with van der Waals surface area (Å²) in [5, 5.41) is 3.22. The van der Waals surface area contributed by atoms with E-state index in [2.05, 4.69) is 5.32 Å². The molecular weight excluding hydrogens is 206 g/mol. The van der Waals surface area contributed by atoms with Crippen molar-refractivity contribution in [3.8, 4) is 0 Å². The molecule has 2 aliphatic heterocycles. The molecule has 0 saturated carbocycles. The predicted octanol–water partition coefficient (Wildman–Crippen LogP) is -0.687. The quantitative estimate of drug-likeness (QED) is 0.622. The van der Waals surface area contributed by atoms with Crippen LogP contribution in [0.3, 0.4) is 0 Å². The van der Waals surface area contributed by atoms with Crippen LogP contribution in [0.15, 0.2) is 0 Å². The summed E-state index contributed by atoms with van der Waals surface area (Å²) >= 11 is 0. The molecule has 1 amide bonds. The van der Waals surface area contributed by atoms with Crippen molar-refractivity contribution in [2.75, 3.05) is 26.2 Å². The number of ether oxygens (including phenoxy) is 1. The fourth-order valence-corrected chi connectivity index (χ4v) is 2.42. The van der Waals surface area contributed by atoms with Gasteiger partial charge in [0.25, 0.3) is 0 Å². The molecule has 2 aliphatic rings. The van der Waals surface area contributed by atoms with Crippen molar-refractivity contribution in [3.63, 3.8) is 0 Å². The monoisotopic (exact) mass is 227 g/mol. The second-order valence-electron chi connectivity index (χ2n) is 4.69. The molecule has 0 bridgehead atoms. The van der Waals surface area contributed by atoms with Crippen LogP contribution in [0.1, 0.15) is 19.8 Å². The lowest BCUT2D eigenvalue weighted by atomic mass is 10.0. The van der Waals surface area contributed by atoms with Gasteiger partial charge >= 0.3 is 0 Å². The normalized spacial score (nSPS) is 36.1. The molecule has 0 aliphatic carbocycles. The van der Waals surface area contributed by atoms with E-state index in [1.54, 1.807) is 0 Å². The first-order chi connectivity index (χ1) is 7.68. The highest BCUT2D eigenvalue weighted by Crippen LogP contribution is 2.13. The smallest absolute Gasteiger partial charge is 0.242 e. The minimum atomic E-state index is -0.195. The average Bonchev–Trinajstić information content (AvgIpc) is 2.29. The van der Waals surface area contributed by atoms with E-state index in [0.717, 1.165) is 25.9 Å². The third kappa shape index (κ3) is 2.53. The Morgan fingerprint density at radius 2 is 2.38 bits per heavy atom. The Balaban J connectivity index is 1.94. The first-order valence-electron chi connectivity index (χ1n) is 6.08.